The monoisotopic (exact) mass is 539 g/mol. The van der Waals surface area contributed by atoms with Crippen molar-refractivity contribution in [1.82, 2.24) is 25.5 Å². The molecule has 8 heteroatoms. The summed E-state index contributed by atoms with van der Waals surface area (Å²) in [5.74, 6) is 2.62. The van der Waals surface area contributed by atoms with Gasteiger partial charge in [-0.25, -0.2) is 4.98 Å². The lowest BCUT2D eigenvalue weighted by Crippen LogP contribution is -2.26. The molecule has 188 valence electrons. The van der Waals surface area contributed by atoms with Crippen LogP contribution in [0.4, 0.5) is 17.5 Å². The second-order valence-corrected chi connectivity index (χ2v) is 9.52. The second-order valence-electron chi connectivity index (χ2n) is 8.66. The molecule has 0 unspecified atom stereocenters. The van der Waals surface area contributed by atoms with Gasteiger partial charge >= 0.3 is 0 Å². The molecule has 0 bridgehead atoms. The molecule has 0 spiro atoms. The molecule has 1 heterocycles. The van der Waals surface area contributed by atoms with E-state index in [4.69, 9.17) is 0 Å². The first kappa shape index (κ1) is 26.8. The molecule has 1 aromatic carbocycles. The number of benzene rings is 1. The van der Waals surface area contributed by atoms with Crippen LogP contribution in [0.2, 0.25) is 0 Å². The molecule has 0 aliphatic heterocycles. The number of nitrogens with one attached hydrogen (secondary N) is 4. The Morgan fingerprint density at radius 2 is 2.00 bits per heavy atom. The molecule has 0 saturated heterocycles. The molecule has 4 N–H and O–H groups in total. The number of nitrogens with zero attached hydrogens (tertiary/aromatic N) is 3. The van der Waals surface area contributed by atoms with Crippen molar-refractivity contribution >= 4 is 39.1 Å². The van der Waals surface area contributed by atoms with Gasteiger partial charge in [0.15, 0.2) is 5.82 Å². The van der Waals surface area contributed by atoms with Crippen LogP contribution in [-0.2, 0) is 0 Å². The second kappa shape index (κ2) is 13.3. The van der Waals surface area contributed by atoms with Crippen molar-refractivity contribution in [2.75, 3.05) is 43.9 Å². The van der Waals surface area contributed by atoms with Gasteiger partial charge in [0.05, 0.1) is 4.47 Å². The van der Waals surface area contributed by atoms with E-state index < -0.39 is 0 Å². The van der Waals surface area contributed by atoms with Crippen molar-refractivity contribution in [3.63, 3.8) is 0 Å². The van der Waals surface area contributed by atoms with Crippen molar-refractivity contribution in [2.24, 2.45) is 5.92 Å². The molecule has 35 heavy (non-hydrogen) atoms. The summed E-state index contributed by atoms with van der Waals surface area (Å²) in [6, 6.07) is 8.10. The van der Waals surface area contributed by atoms with Crippen LogP contribution in [-0.4, -0.2) is 48.1 Å². The van der Waals surface area contributed by atoms with E-state index in [9.17, 15) is 0 Å². The first-order chi connectivity index (χ1) is 16.9. The molecule has 0 amide bonds. The summed E-state index contributed by atoms with van der Waals surface area (Å²) in [6.07, 6.45) is 7.30. The molecule has 1 aliphatic rings. The summed E-state index contributed by atoms with van der Waals surface area (Å²) >= 11 is 3.54. The van der Waals surface area contributed by atoms with Crippen molar-refractivity contribution in [3.8, 4) is 0 Å². The average molecular weight is 541 g/mol. The van der Waals surface area contributed by atoms with Crippen LogP contribution in [0, 0.1) is 5.92 Å². The number of hydrogen-bond acceptors (Lipinski definition) is 7. The molecule has 1 fully saturated rings. The summed E-state index contributed by atoms with van der Waals surface area (Å²) in [5, 5.41) is 13.3. The fourth-order valence-electron chi connectivity index (χ4n) is 3.67. The Morgan fingerprint density at radius 3 is 2.69 bits per heavy atom. The third kappa shape index (κ3) is 8.40. The summed E-state index contributed by atoms with van der Waals surface area (Å²) < 4.78 is 0.775. The van der Waals surface area contributed by atoms with E-state index in [-0.39, 0.29) is 0 Å². The fourth-order valence-corrected chi connectivity index (χ4v) is 3.96. The number of anilines is 3. The van der Waals surface area contributed by atoms with Crippen LogP contribution in [0.25, 0.3) is 5.70 Å². The number of halogens is 1. The van der Waals surface area contributed by atoms with Crippen molar-refractivity contribution in [3.05, 3.63) is 71.1 Å². The highest BCUT2D eigenvalue weighted by Gasteiger charge is 2.23. The lowest BCUT2D eigenvalue weighted by atomic mass is 10.1. The molecular formula is C27H38BrN7. The lowest BCUT2D eigenvalue weighted by Gasteiger charge is -2.18. The summed E-state index contributed by atoms with van der Waals surface area (Å²) in [5.41, 5.74) is 3.97. The van der Waals surface area contributed by atoms with E-state index in [1.54, 1.807) is 6.20 Å². The normalized spacial score (nSPS) is 13.5. The smallest absolute Gasteiger partial charge is 0.229 e. The Labute approximate surface area is 218 Å². The Bertz CT molecular complexity index is 1040. The van der Waals surface area contributed by atoms with Gasteiger partial charge in [0, 0.05) is 31.2 Å². The van der Waals surface area contributed by atoms with Gasteiger partial charge in [-0.1, -0.05) is 39.1 Å². The first-order valence-corrected chi connectivity index (χ1v) is 13.1. The summed E-state index contributed by atoms with van der Waals surface area (Å²) in [6.45, 7) is 16.9. The Kier molecular flexibility index (Phi) is 10.2. The van der Waals surface area contributed by atoms with Crippen molar-refractivity contribution < 1.29 is 0 Å². The molecule has 0 radical (unpaired) electrons. The van der Waals surface area contributed by atoms with E-state index in [0.717, 1.165) is 65.4 Å². The predicted octanol–water partition coefficient (Wildman–Crippen LogP) is 5.71. The van der Waals surface area contributed by atoms with Crippen LogP contribution in [0.5, 0.6) is 0 Å². The zero-order valence-electron chi connectivity index (χ0n) is 21.1. The molecule has 1 aliphatic carbocycles. The van der Waals surface area contributed by atoms with Crippen LogP contribution >= 0.6 is 15.9 Å². The molecule has 1 saturated carbocycles. The zero-order valence-corrected chi connectivity index (χ0v) is 22.7. The largest absolute Gasteiger partial charge is 0.385 e. The SMILES string of the molecule is C=C(NCCCN(CC)CC)c1cccc(Nc2ncc(Br)c(N/C(=C/C(=C)C3CC3)NC)n2)c1. The molecule has 7 nitrogen and oxygen atoms in total. The van der Waals surface area contributed by atoms with E-state index >= 15 is 0 Å². The molecular weight excluding hydrogens is 502 g/mol. The van der Waals surface area contributed by atoms with E-state index in [1.807, 2.05) is 25.3 Å². The van der Waals surface area contributed by atoms with E-state index in [0.29, 0.717) is 17.7 Å². The number of hydrogen-bond donors (Lipinski definition) is 4. The van der Waals surface area contributed by atoms with Gasteiger partial charge in [0.1, 0.15) is 5.82 Å². The van der Waals surface area contributed by atoms with Crippen LogP contribution in [0.15, 0.2) is 65.6 Å². The maximum Gasteiger partial charge on any atom is 0.229 e. The van der Waals surface area contributed by atoms with Gasteiger partial charge in [0.2, 0.25) is 5.95 Å². The number of aromatic nitrogens is 2. The van der Waals surface area contributed by atoms with Crippen LogP contribution < -0.4 is 21.3 Å². The molecule has 1 aromatic heterocycles. The van der Waals surface area contributed by atoms with Gasteiger partial charge in [-0.15, -0.1) is 0 Å². The maximum absolute atomic E-state index is 4.66. The standard InChI is InChI=1S/C27H38BrN7/c1-6-35(7-2)15-9-14-30-20(4)22-10-8-11-23(17-22)32-27-31-18-24(28)26(34-27)33-25(29-5)16-19(3)21-12-13-21/h8,10-11,16-18,21,29-30H,3-4,6-7,9,12-15H2,1-2,5H3,(H2,31,32,33,34)/b25-16+. The highest BCUT2D eigenvalue weighted by molar-refractivity contribution is 9.10. The van der Waals surface area contributed by atoms with Crippen molar-refractivity contribution in [2.45, 2.75) is 33.1 Å². The average Bonchev–Trinajstić information content (AvgIpc) is 3.71. The molecule has 3 rings (SSSR count). The quantitative estimate of drug-likeness (QED) is 0.170. The lowest BCUT2D eigenvalue weighted by molar-refractivity contribution is 0.300. The van der Waals surface area contributed by atoms with Crippen LogP contribution in [0.3, 0.4) is 0 Å². The molecule has 2 aromatic rings. The molecule has 0 atom stereocenters. The zero-order chi connectivity index (χ0) is 25.2. The minimum Gasteiger partial charge on any atom is -0.385 e. The van der Waals surface area contributed by atoms with Crippen LogP contribution in [0.1, 0.15) is 38.7 Å². The summed E-state index contributed by atoms with van der Waals surface area (Å²) in [7, 11) is 1.88. The Hall–Kier alpha value is -2.84. The van der Waals surface area contributed by atoms with Gasteiger partial charge < -0.3 is 26.2 Å². The fraction of sp³-hybridized carbons (Fsp3) is 0.407. The van der Waals surface area contributed by atoms with Gasteiger partial charge in [0.25, 0.3) is 0 Å². The third-order valence-corrected chi connectivity index (χ3v) is 6.63. The first-order valence-electron chi connectivity index (χ1n) is 12.3. The van der Waals surface area contributed by atoms with E-state index in [2.05, 4.69) is 91.2 Å². The maximum atomic E-state index is 4.66. The Balaban J connectivity index is 1.61. The minimum atomic E-state index is 0.502. The highest BCUT2D eigenvalue weighted by Crippen LogP contribution is 2.36. The Morgan fingerprint density at radius 1 is 1.23 bits per heavy atom. The predicted molar refractivity (Wildman–Crippen MR) is 152 cm³/mol. The van der Waals surface area contributed by atoms with Gasteiger partial charge in [-0.3, -0.25) is 0 Å². The van der Waals surface area contributed by atoms with Crippen molar-refractivity contribution in [1.29, 1.82) is 0 Å². The van der Waals surface area contributed by atoms with Gasteiger partial charge in [-0.2, -0.15) is 4.98 Å². The van der Waals surface area contributed by atoms with Gasteiger partial charge in [-0.05, 0) is 90.1 Å². The highest BCUT2D eigenvalue weighted by atomic mass is 79.9. The number of allylic oxidation sites excluding steroid dienone is 2. The van der Waals surface area contributed by atoms with E-state index in [1.165, 1.54) is 12.8 Å². The summed E-state index contributed by atoms with van der Waals surface area (Å²) in [4.78, 5) is 11.5. The third-order valence-electron chi connectivity index (χ3n) is 6.05. The minimum absolute atomic E-state index is 0.502. The number of rotatable bonds is 15. The topological polar surface area (TPSA) is 77.1 Å².